The average molecular weight is 280 g/mol. The van der Waals surface area contributed by atoms with Gasteiger partial charge in [0.15, 0.2) is 0 Å². The molecule has 1 aromatic carbocycles. The first-order chi connectivity index (χ1) is 9.71. The van der Waals surface area contributed by atoms with Crippen molar-refractivity contribution in [3.63, 3.8) is 0 Å². The van der Waals surface area contributed by atoms with Crippen LogP contribution in [0.15, 0.2) is 30.3 Å². The van der Waals surface area contributed by atoms with Crippen LogP contribution in [0.2, 0.25) is 0 Å². The lowest BCUT2D eigenvalue weighted by Gasteiger charge is -2.44. The van der Waals surface area contributed by atoms with Gasteiger partial charge in [0.05, 0.1) is 12.2 Å². The summed E-state index contributed by atoms with van der Waals surface area (Å²) in [5, 5.41) is 0. The van der Waals surface area contributed by atoms with E-state index in [-0.39, 0.29) is 30.5 Å². The zero-order valence-electron chi connectivity index (χ0n) is 12.6. The summed E-state index contributed by atoms with van der Waals surface area (Å²) >= 11 is 0. The van der Waals surface area contributed by atoms with E-state index in [1.165, 1.54) is 5.56 Å². The van der Waals surface area contributed by atoms with Gasteiger partial charge in [0.2, 0.25) is 0 Å². The summed E-state index contributed by atoms with van der Waals surface area (Å²) in [6, 6.07) is 10.3. The minimum Gasteiger partial charge on any atom is -0.376 e. The van der Waals surface area contributed by atoms with E-state index in [1.54, 1.807) is 21.3 Å². The summed E-state index contributed by atoms with van der Waals surface area (Å²) in [6.07, 6.45) is 0.375. The molecule has 0 bridgehead atoms. The quantitative estimate of drug-likeness (QED) is 0.827. The molecule has 1 aromatic rings. The zero-order chi connectivity index (χ0) is 14.5. The molecule has 5 unspecified atom stereocenters. The van der Waals surface area contributed by atoms with Gasteiger partial charge in [0, 0.05) is 27.8 Å². The van der Waals surface area contributed by atoms with Crippen LogP contribution in [-0.2, 0) is 25.4 Å². The van der Waals surface area contributed by atoms with Crippen LogP contribution in [0.1, 0.15) is 12.5 Å². The van der Waals surface area contributed by atoms with Crippen molar-refractivity contribution in [1.82, 2.24) is 0 Å². The summed E-state index contributed by atoms with van der Waals surface area (Å²) in [4.78, 5) is 0. The summed E-state index contributed by atoms with van der Waals surface area (Å²) < 4.78 is 22.8. The molecular formula is C16H24O4. The van der Waals surface area contributed by atoms with Crippen LogP contribution in [0.5, 0.6) is 0 Å². The van der Waals surface area contributed by atoms with Crippen molar-refractivity contribution in [3.8, 4) is 0 Å². The molecule has 0 radical (unpaired) electrons. The lowest BCUT2D eigenvalue weighted by molar-refractivity contribution is -0.237. The van der Waals surface area contributed by atoms with E-state index in [1.807, 2.05) is 25.1 Å². The monoisotopic (exact) mass is 280 g/mol. The van der Waals surface area contributed by atoms with Gasteiger partial charge in [-0.25, -0.2) is 0 Å². The molecule has 2 rings (SSSR count). The second kappa shape index (κ2) is 7.18. The average Bonchev–Trinajstić information content (AvgIpc) is 2.47. The Hall–Kier alpha value is -0.940. The molecule has 0 N–H and O–H groups in total. The van der Waals surface area contributed by atoms with Gasteiger partial charge in [0.1, 0.15) is 18.3 Å². The number of methoxy groups -OCH3 is 3. The molecule has 5 atom stereocenters. The van der Waals surface area contributed by atoms with Gasteiger partial charge in [-0.2, -0.15) is 0 Å². The van der Waals surface area contributed by atoms with E-state index in [0.29, 0.717) is 0 Å². The van der Waals surface area contributed by atoms with E-state index in [2.05, 4.69) is 12.1 Å². The number of benzene rings is 1. The van der Waals surface area contributed by atoms with Crippen molar-refractivity contribution in [2.24, 2.45) is 0 Å². The largest absolute Gasteiger partial charge is 0.376 e. The maximum atomic E-state index is 6.10. The maximum absolute atomic E-state index is 6.10. The molecule has 1 aliphatic heterocycles. The van der Waals surface area contributed by atoms with Crippen LogP contribution in [0.25, 0.3) is 0 Å². The van der Waals surface area contributed by atoms with Crippen LogP contribution < -0.4 is 0 Å². The molecule has 20 heavy (non-hydrogen) atoms. The fourth-order valence-corrected chi connectivity index (χ4v) is 2.99. The predicted molar refractivity (Wildman–Crippen MR) is 76.9 cm³/mol. The number of hydrogen-bond donors (Lipinski definition) is 0. The maximum Gasteiger partial charge on any atom is 0.114 e. The van der Waals surface area contributed by atoms with Crippen LogP contribution in [0.3, 0.4) is 0 Å². The third-order valence-corrected chi connectivity index (χ3v) is 3.96. The first-order valence-electron chi connectivity index (χ1n) is 6.99. The Morgan fingerprint density at radius 1 is 0.900 bits per heavy atom. The Labute approximate surface area is 121 Å². The van der Waals surface area contributed by atoms with Gasteiger partial charge in [-0.3, -0.25) is 0 Å². The Morgan fingerprint density at radius 3 is 2.05 bits per heavy atom. The van der Waals surface area contributed by atoms with Crippen molar-refractivity contribution in [3.05, 3.63) is 35.9 Å². The molecule has 0 aliphatic carbocycles. The highest BCUT2D eigenvalue weighted by molar-refractivity contribution is 5.16. The van der Waals surface area contributed by atoms with Crippen molar-refractivity contribution in [2.45, 2.75) is 43.9 Å². The Morgan fingerprint density at radius 2 is 1.50 bits per heavy atom. The Bertz CT molecular complexity index is 395. The topological polar surface area (TPSA) is 36.9 Å². The SMILES string of the molecule is COC1C(C)OC(Cc2ccccc2)C(OC)C1OC. The van der Waals surface area contributed by atoms with Gasteiger partial charge < -0.3 is 18.9 Å². The lowest BCUT2D eigenvalue weighted by Crippen LogP contribution is -2.59. The first kappa shape index (κ1) is 15.4. The zero-order valence-corrected chi connectivity index (χ0v) is 12.6. The third-order valence-electron chi connectivity index (χ3n) is 3.96. The molecule has 0 amide bonds. The van der Waals surface area contributed by atoms with Gasteiger partial charge in [-0.1, -0.05) is 30.3 Å². The van der Waals surface area contributed by atoms with Crippen molar-refractivity contribution in [2.75, 3.05) is 21.3 Å². The molecule has 0 saturated carbocycles. The van der Waals surface area contributed by atoms with Gasteiger partial charge >= 0.3 is 0 Å². The van der Waals surface area contributed by atoms with E-state index in [9.17, 15) is 0 Å². The Kier molecular flexibility index (Phi) is 5.54. The van der Waals surface area contributed by atoms with Crippen molar-refractivity contribution in [1.29, 1.82) is 0 Å². The molecule has 112 valence electrons. The second-order valence-corrected chi connectivity index (χ2v) is 5.17. The molecule has 4 heteroatoms. The van der Waals surface area contributed by atoms with Gasteiger partial charge in [-0.15, -0.1) is 0 Å². The highest BCUT2D eigenvalue weighted by atomic mass is 16.6. The molecule has 0 aromatic heterocycles. The van der Waals surface area contributed by atoms with Crippen molar-refractivity contribution < 1.29 is 18.9 Å². The smallest absolute Gasteiger partial charge is 0.114 e. The highest BCUT2D eigenvalue weighted by Gasteiger charge is 2.45. The highest BCUT2D eigenvalue weighted by Crippen LogP contribution is 2.28. The molecule has 1 heterocycles. The van der Waals surface area contributed by atoms with E-state index in [0.717, 1.165) is 6.42 Å². The first-order valence-corrected chi connectivity index (χ1v) is 6.99. The third kappa shape index (κ3) is 3.20. The molecule has 4 nitrogen and oxygen atoms in total. The van der Waals surface area contributed by atoms with Crippen molar-refractivity contribution >= 4 is 0 Å². The Balaban J connectivity index is 2.15. The fraction of sp³-hybridized carbons (Fsp3) is 0.625. The van der Waals surface area contributed by atoms with E-state index in [4.69, 9.17) is 18.9 Å². The molecule has 1 aliphatic rings. The van der Waals surface area contributed by atoms with Crippen LogP contribution in [-0.4, -0.2) is 51.8 Å². The standard InChI is InChI=1S/C16H24O4/c1-11-14(17-2)16(19-4)15(18-3)13(20-11)10-12-8-6-5-7-9-12/h5-9,11,13-16H,10H2,1-4H3. The summed E-state index contributed by atoms with van der Waals surface area (Å²) in [6.45, 7) is 2.02. The van der Waals surface area contributed by atoms with E-state index >= 15 is 0 Å². The molecule has 1 saturated heterocycles. The molecule has 0 spiro atoms. The normalized spacial score (nSPS) is 34.1. The van der Waals surface area contributed by atoms with Crippen LogP contribution >= 0.6 is 0 Å². The fourth-order valence-electron chi connectivity index (χ4n) is 2.99. The van der Waals surface area contributed by atoms with Crippen LogP contribution in [0, 0.1) is 0 Å². The van der Waals surface area contributed by atoms with Crippen LogP contribution in [0.4, 0.5) is 0 Å². The number of hydrogen-bond acceptors (Lipinski definition) is 4. The van der Waals surface area contributed by atoms with E-state index < -0.39 is 0 Å². The lowest BCUT2D eigenvalue weighted by atomic mass is 9.91. The molecular weight excluding hydrogens is 256 g/mol. The second-order valence-electron chi connectivity index (χ2n) is 5.17. The predicted octanol–water partition coefficient (Wildman–Crippen LogP) is 2.06. The summed E-state index contributed by atoms with van der Waals surface area (Å²) in [7, 11) is 5.07. The summed E-state index contributed by atoms with van der Waals surface area (Å²) in [5.41, 5.74) is 1.23. The molecule has 1 fully saturated rings. The number of ether oxygens (including phenoxy) is 4. The van der Waals surface area contributed by atoms with Gasteiger partial charge in [0.25, 0.3) is 0 Å². The minimum absolute atomic E-state index is 0.0231. The minimum atomic E-state index is -0.138. The number of rotatable bonds is 5. The van der Waals surface area contributed by atoms with Gasteiger partial charge in [-0.05, 0) is 12.5 Å². The summed E-state index contributed by atoms with van der Waals surface area (Å²) in [5.74, 6) is 0.